The Hall–Kier alpha value is -2.41. The monoisotopic (exact) mass is 272 g/mol. The van der Waals surface area contributed by atoms with Gasteiger partial charge in [-0.1, -0.05) is 0 Å². The lowest BCUT2D eigenvalue weighted by Crippen LogP contribution is -2.38. The van der Waals surface area contributed by atoms with Gasteiger partial charge in [-0.05, 0) is 0 Å². The molecule has 0 aliphatic heterocycles. The van der Waals surface area contributed by atoms with Gasteiger partial charge >= 0.3 is 0 Å². The summed E-state index contributed by atoms with van der Waals surface area (Å²) < 4.78 is 0. The third-order valence-corrected chi connectivity index (χ3v) is 3.15. The fraction of sp³-hybridized carbons (Fsp3) is 0.308. The number of aromatic nitrogens is 6. The fourth-order valence-corrected chi connectivity index (χ4v) is 2.31. The third kappa shape index (κ3) is 2.94. The van der Waals surface area contributed by atoms with Gasteiger partial charge in [-0.15, -0.1) is 0 Å². The summed E-state index contributed by atoms with van der Waals surface area (Å²) in [6.07, 6.45) is 11.5. The van der Waals surface area contributed by atoms with Crippen LogP contribution in [0.2, 0.25) is 0 Å². The summed E-state index contributed by atoms with van der Waals surface area (Å²) in [5.74, 6) is 2.22. The average Bonchev–Trinajstić information content (AvgIpc) is 3.11. The number of aliphatic hydroxyl groups is 1. The molecule has 3 aromatic rings. The average molecular weight is 272 g/mol. The highest BCUT2D eigenvalue weighted by Gasteiger charge is 2.31. The maximum atomic E-state index is 10.9. The van der Waals surface area contributed by atoms with E-state index in [4.69, 9.17) is 0 Å². The molecule has 0 spiro atoms. The van der Waals surface area contributed by atoms with Crippen LogP contribution in [0.4, 0.5) is 0 Å². The highest BCUT2D eigenvalue weighted by atomic mass is 16.3. The van der Waals surface area contributed by atoms with E-state index in [1.54, 1.807) is 37.2 Å². The molecular formula is C13H16N6O. The van der Waals surface area contributed by atoms with Crippen LogP contribution in [-0.2, 0) is 19.3 Å². The van der Waals surface area contributed by atoms with Crippen molar-refractivity contribution in [3.63, 3.8) is 0 Å². The van der Waals surface area contributed by atoms with Crippen molar-refractivity contribution in [3.05, 3.63) is 54.7 Å². The van der Waals surface area contributed by atoms with E-state index >= 15 is 0 Å². The van der Waals surface area contributed by atoms with Gasteiger partial charge in [0.1, 0.15) is 17.5 Å². The third-order valence-electron chi connectivity index (χ3n) is 3.15. The van der Waals surface area contributed by atoms with Gasteiger partial charge in [0.15, 0.2) is 0 Å². The summed E-state index contributed by atoms with van der Waals surface area (Å²) in [5, 5.41) is 10.9. The summed E-state index contributed by atoms with van der Waals surface area (Å²) in [6, 6.07) is 0. The van der Waals surface area contributed by atoms with Crippen LogP contribution in [0.15, 0.2) is 37.2 Å². The van der Waals surface area contributed by atoms with E-state index in [0.717, 1.165) is 17.5 Å². The Morgan fingerprint density at radius 3 is 1.35 bits per heavy atom. The van der Waals surface area contributed by atoms with Crippen LogP contribution in [-0.4, -0.2) is 40.6 Å². The normalized spacial score (nSPS) is 11.8. The lowest BCUT2D eigenvalue weighted by molar-refractivity contribution is 0.0358. The molecule has 0 atom stereocenters. The van der Waals surface area contributed by atoms with Gasteiger partial charge in [-0.3, -0.25) is 0 Å². The molecule has 0 radical (unpaired) electrons. The van der Waals surface area contributed by atoms with Crippen molar-refractivity contribution in [3.8, 4) is 0 Å². The lowest BCUT2D eigenvalue weighted by atomic mass is 9.90. The number of hydrogen-bond donors (Lipinski definition) is 4. The first-order valence-corrected chi connectivity index (χ1v) is 6.41. The molecule has 0 unspecified atom stereocenters. The van der Waals surface area contributed by atoms with Gasteiger partial charge in [-0.2, -0.15) is 0 Å². The summed E-state index contributed by atoms with van der Waals surface area (Å²) in [7, 11) is 0. The molecular weight excluding hydrogens is 256 g/mol. The van der Waals surface area contributed by atoms with Crippen LogP contribution in [0.3, 0.4) is 0 Å². The molecule has 0 saturated heterocycles. The summed E-state index contributed by atoms with van der Waals surface area (Å²) in [6.45, 7) is 0. The molecule has 3 heterocycles. The van der Waals surface area contributed by atoms with Gasteiger partial charge < -0.3 is 20.1 Å². The number of rotatable bonds is 6. The number of aromatic amines is 3. The van der Waals surface area contributed by atoms with E-state index < -0.39 is 5.60 Å². The van der Waals surface area contributed by atoms with Crippen LogP contribution in [0.1, 0.15) is 17.5 Å². The molecule has 7 nitrogen and oxygen atoms in total. The smallest absolute Gasteiger partial charge is 0.108 e. The minimum Gasteiger partial charge on any atom is -0.388 e. The number of imidazole rings is 3. The van der Waals surface area contributed by atoms with Crippen LogP contribution in [0.25, 0.3) is 0 Å². The molecule has 0 amide bonds. The standard InChI is InChI=1S/C13H16N6O/c20-13(7-10-14-1-2-15-10,8-11-16-3-4-17-11)9-12-18-5-6-19-12/h1-6,20H,7-9H2,(H,14,15)(H,16,17)(H,18,19). The first-order chi connectivity index (χ1) is 9.73. The Morgan fingerprint density at radius 1 is 0.750 bits per heavy atom. The topological polar surface area (TPSA) is 106 Å². The van der Waals surface area contributed by atoms with Crippen molar-refractivity contribution in [2.75, 3.05) is 0 Å². The molecule has 0 aliphatic carbocycles. The highest BCUT2D eigenvalue weighted by molar-refractivity contribution is 5.06. The molecule has 3 rings (SSSR count). The van der Waals surface area contributed by atoms with Crippen molar-refractivity contribution in [2.24, 2.45) is 0 Å². The maximum absolute atomic E-state index is 10.9. The first kappa shape index (κ1) is 12.6. The van der Waals surface area contributed by atoms with Gasteiger partial charge in [-0.25, -0.2) is 15.0 Å². The number of hydrogen-bond acceptors (Lipinski definition) is 4. The molecule has 104 valence electrons. The summed E-state index contributed by atoms with van der Waals surface area (Å²) in [5.41, 5.74) is -1.01. The summed E-state index contributed by atoms with van der Waals surface area (Å²) in [4.78, 5) is 21.6. The highest BCUT2D eigenvalue weighted by Crippen LogP contribution is 2.20. The Bertz CT molecular complexity index is 525. The quantitative estimate of drug-likeness (QED) is 0.527. The maximum Gasteiger partial charge on any atom is 0.108 e. The SMILES string of the molecule is OC(Cc1ncc[nH]1)(Cc1ncc[nH]1)Cc1ncc[nH]1. The van der Waals surface area contributed by atoms with E-state index in [-0.39, 0.29) is 0 Å². The molecule has 0 fully saturated rings. The molecule has 7 heteroatoms. The summed E-state index contributed by atoms with van der Waals surface area (Å²) >= 11 is 0. The molecule has 20 heavy (non-hydrogen) atoms. The van der Waals surface area contributed by atoms with Crippen molar-refractivity contribution in [2.45, 2.75) is 24.9 Å². The molecule has 0 aliphatic rings. The molecule has 0 saturated carbocycles. The van der Waals surface area contributed by atoms with E-state index in [9.17, 15) is 5.11 Å². The van der Waals surface area contributed by atoms with Crippen molar-refractivity contribution >= 4 is 0 Å². The second-order valence-corrected chi connectivity index (χ2v) is 4.86. The number of nitrogens with one attached hydrogen (secondary N) is 3. The number of H-pyrrole nitrogens is 3. The molecule has 4 N–H and O–H groups in total. The zero-order valence-electron chi connectivity index (χ0n) is 10.9. The van der Waals surface area contributed by atoms with Gasteiger partial charge in [0, 0.05) is 56.4 Å². The lowest BCUT2D eigenvalue weighted by Gasteiger charge is -2.25. The zero-order chi connectivity index (χ0) is 13.8. The van der Waals surface area contributed by atoms with E-state index in [1.165, 1.54) is 0 Å². The Labute approximate surface area is 115 Å². The molecule has 0 bridgehead atoms. The van der Waals surface area contributed by atoms with Gasteiger partial charge in [0.25, 0.3) is 0 Å². The predicted molar refractivity (Wildman–Crippen MR) is 71.8 cm³/mol. The molecule has 0 aromatic carbocycles. The van der Waals surface area contributed by atoms with Crippen molar-refractivity contribution in [1.82, 2.24) is 29.9 Å². The Kier molecular flexibility index (Phi) is 3.34. The minimum absolute atomic E-state index is 0.404. The van der Waals surface area contributed by atoms with Gasteiger partial charge in [0.05, 0.1) is 5.60 Å². The second-order valence-electron chi connectivity index (χ2n) is 4.86. The van der Waals surface area contributed by atoms with E-state index in [2.05, 4.69) is 29.9 Å². The van der Waals surface area contributed by atoms with Crippen LogP contribution in [0.5, 0.6) is 0 Å². The van der Waals surface area contributed by atoms with E-state index in [1.807, 2.05) is 0 Å². The first-order valence-electron chi connectivity index (χ1n) is 6.41. The Morgan fingerprint density at radius 2 is 1.10 bits per heavy atom. The zero-order valence-corrected chi connectivity index (χ0v) is 10.9. The van der Waals surface area contributed by atoms with Crippen LogP contribution < -0.4 is 0 Å². The minimum atomic E-state index is -1.01. The van der Waals surface area contributed by atoms with Gasteiger partial charge in [0.2, 0.25) is 0 Å². The van der Waals surface area contributed by atoms with Crippen LogP contribution in [0, 0.1) is 0 Å². The Balaban J connectivity index is 1.81. The van der Waals surface area contributed by atoms with Crippen molar-refractivity contribution < 1.29 is 5.11 Å². The molecule has 3 aromatic heterocycles. The second kappa shape index (κ2) is 5.30. The number of nitrogens with zero attached hydrogens (tertiary/aromatic N) is 3. The largest absolute Gasteiger partial charge is 0.388 e. The van der Waals surface area contributed by atoms with E-state index in [0.29, 0.717) is 19.3 Å². The van der Waals surface area contributed by atoms with Crippen molar-refractivity contribution in [1.29, 1.82) is 0 Å². The predicted octanol–water partition coefficient (Wildman–Crippen LogP) is 0.615. The fourth-order valence-electron chi connectivity index (χ4n) is 2.31. The van der Waals surface area contributed by atoms with Crippen LogP contribution >= 0.6 is 0 Å².